The number of hydrogen-bond donors (Lipinski definition) is 2. The molecule has 4 rings (SSSR count). The van der Waals surface area contributed by atoms with E-state index in [0.29, 0.717) is 6.42 Å². The van der Waals surface area contributed by atoms with Gasteiger partial charge >= 0.3 is 5.97 Å². The van der Waals surface area contributed by atoms with E-state index in [1.165, 1.54) is 7.11 Å². The van der Waals surface area contributed by atoms with Gasteiger partial charge < -0.3 is 15.2 Å². The first-order valence-corrected chi connectivity index (χ1v) is 9.55. The lowest BCUT2D eigenvalue weighted by Crippen LogP contribution is -2.53. The molecule has 6 heteroatoms. The average Bonchev–Trinajstić information content (AvgIpc) is 3.20. The number of benzene rings is 1. The number of aliphatic hydroxyl groups is 1. The highest BCUT2D eigenvalue weighted by atomic mass is 16.5. The number of para-hydroxylation sites is 1. The van der Waals surface area contributed by atoms with Crippen LogP contribution in [0.2, 0.25) is 0 Å². The zero-order valence-electron chi connectivity index (χ0n) is 15.8. The molecule has 3 aliphatic rings. The van der Waals surface area contributed by atoms with Gasteiger partial charge in [0.05, 0.1) is 25.0 Å². The molecule has 2 N–H and O–H groups in total. The van der Waals surface area contributed by atoms with Crippen molar-refractivity contribution < 1.29 is 19.4 Å². The molecule has 6 nitrogen and oxygen atoms in total. The summed E-state index contributed by atoms with van der Waals surface area (Å²) in [6.45, 7) is 3.28. The molecule has 3 aliphatic heterocycles. The zero-order chi connectivity index (χ0) is 19.2. The Morgan fingerprint density at radius 2 is 2.26 bits per heavy atom. The van der Waals surface area contributed by atoms with Gasteiger partial charge in [0.2, 0.25) is 5.91 Å². The van der Waals surface area contributed by atoms with E-state index >= 15 is 0 Å². The molecule has 1 amide bonds. The van der Waals surface area contributed by atoms with E-state index < -0.39 is 17.3 Å². The van der Waals surface area contributed by atoms with Gasteiger partial charge in [-0.2, -0.15) is 0 Å². The van der Waals surface area contributed by atoms with Crippen molar-refractivity contribution in [2.24, 2.45) is 11.8 Å². The third kappa shape index (κ3) is 2.54. The molecular formula is C21H26N2O4. The SMILES string of the molecule is C/C=C1/CN2CC[C@@]3(C(=O)Nc4ccccc43)[C@@H]2C[C@@H]1[C@H](CO)C(=O)OC. The molecule has 0 bridgehead atoms. The number of allylic oxidation sites excluding steroid dienone is 1. The number of esters is 1. The van der Waals surface area contributed by atoms with Crippen LogP contribution in [0.5, 0.6) is 0 Å². The third-order valence-electron chi connectivity index (χ3n) is 6.76. The Balaban J connectivity index is 1.74. The van der Waals surface area contributed by atoms with Crippen LogP contribution in [0.15, 0.2) is 35.9 Å². The lowest BCUT2D eigenvalue weighted by atomic mass is 9.68. The van der Waals surface area contributed by atoms with Gasteiger partial charge in [0.1, 0.15) is 0 Å². The molecule has 2 saturated heterocycles. The van der Waals surface area contributed by atoms with E-state index in [-0.39, 0.29) is 24.5 Å². The van der Waals surface area contributed by atoms with Gasteiger partial charge in [-0.15, -0.1) is 0 Å². The first-order valence-electron chi connectivity index (χ1n) is 9.55. The normalized spacial score (nSPS) is 32.3. The summed E-state index contributed by atoms with van der Waals surface area (Å²) < 4.78 is 4.94. The molecule has 27 heavy (non-hydrogen) atoms. The summed E-state index contributed by atoms with van der Waals surface area (Å²) in [6.07, 6.45) is 3.47. The predicted molar refractivity (Wildman–Crippen MR) is 101 cm³/mol. The Morgan fingerprint density at radius 1 is 1.48 bits per heavy atom. The minimum atomic E-state index is -0.597. The molecule has 2 fully saturated rings. The first kappa shape index (κ1) is 18.2. The molecule has 0 aliphatic carbocycles. The van der Waals surface area contributed by atoms with E-state index in [1.807, 2.05) is 37.3 Å². The predicted octanol–water partition coefficient (Wildman–Crippen LogP) is 1.70. The second-order valence-electron chi connectivity index (χ2n) is 7.73. The minimum Gasteiger partial charge on any atom is -0.469 e. The maximum atomic E-state index is 13.1. The number of aliphatic hydroxyl groups excluding tert-OH is 1. The van der Waals surface area contributed by atoms with Crippen molar-refractivity contribution in [2.75, 3.05) is 32.1 Å². The fraction of sp³-hybridized carbons (Fsp3) is 0.524. The molecule has 1 aromatic carbocycles. The Bertz CT molecular complexity index is 805. The zero-order valence-corrected chi connectivity index (χ0v) is 15.8. The largest absolute Gasteiger partial charge is 0.469 e. The quantitative estimate of drug-likeness (QED) is 0.625. The Hall–Kier alpha value is -2.18. The summed E-state index contributed by atoms with van der Waals surface area (Å²) >= 11 is 0. The number of piperidine rings is 1. The topological polar surface area (TPSA) is 78.9 Å². The molecule has 4 atom stereocenters. The van der Waals surface area contributed by atoms with E-state index in [1.54, 1.807) is 0 Å². The van der Waals surface area contributed by atoms with Crippen LogP contribution in [0.1, 0.15) is 25.3 Å². The second-order valence-corrected chi connectivity index (χ2v) is 7.73. The molecule has 0 saturated carbocycles. The Kier molecular flexibility index (Phi) is 4.56. The van der Waals surface area contributed by atoms with Crippen LogP contribution >= 0.6 is 0 Å². The Labute approximate surface area is 159 Å². The summed E-state index contributed by atoms with van der Waals surface area (Å²) in [5.74, 6) is -1.05. The van der Waals surface area contributed by atoms with Crippen LogP contribution in [-0.4, -0.2) is 54.7 Å². The number of anilines is 1. The highest BCUT2D eigenvalue weighted by Crippen LogP contribution is 2.52. The standard InChI is InChI=1S/C21H26N2O4/c1-3-13-11-23-9-8-21(16-6-4-5-7-17(16)22-20(21)26)18(23)10-14(13)15(12-24)19(25)27-2/h3-7,14-15,18,24H,8-12H2,1-2H3,(H,22,26)/b13-3-/t14-,15-,18-,21-/m0/s1. The molecule has 144 valence electrons. The van der Waals surface area contributed by atoms with Crippen molar-refractivity contribution in [2.45, 2.75) is 31.2 Å². The van der Waals surface area contributed by atoms with Crippen LogP contribution < -0.4 is 5.32 Å². The maximum absolute atomic E-state index is 13.1. The molecule has 1 aromatic rings. The number of nitrogens with zero attached hydrogens (tertiary/aromatic N) is 1. The Morgan fingerprint density at radius 3 is 2.96 bits per heavy atom. The summed E-state index contributed by atoms with van der Waals surface area (Å²) in [5.41, 5.74) is 2.51. The van der Waals surface area contributed by atoms with Crippen molar-refractivity contribution in [1.82, 2.24) is 4.90 Å². The van der Waals surface area contributed by atoms with Crippen molar-refractivity contribution >= 4 is 17.6 Å². The first-order chi connectivity index (χ1) is 13.1. The average molecular weight is 370 g/mol. The molecular weight excluding hydrogens is 344 g/mol. The number of carbonyl (C=O) groups excluding carboxylic acids is 2. The van der Waals surface area contributed by atoms with Gasteiger partial charge in [0.15, 0.2) is 0 Å². The summed E-state index contributed by atoms with van der Waals surface area (Å²) in [4.78, 5) is 27.7. The van der Waals surface area contributed by atoms with E-state index in [9.17, 15) is 14.7 Å². The number of nitrogens with one attached hydrogen (secondary N) is 1. The number of amides is 1. The number of carbonyl (C=O) groups is 2. The van der Waals surface area contributed by atoms with Gasteiger partial charge in [0.25, 0.3) is 0 Å². The summed E-state index contributed by atoms with van der Waals surface area (Å²) in [7, 11) is 1.35. The molecule has 1 spiro atoms. The van der Waals surface area contributed by atoms with Crippen molar-refractivity contribution in [1.29, 1.82) is 0 Å². The van der Waals surface area contributed by atoms with Crippen LogP contribution in [0.3, 0.4) is 0 Å². The summed E-state index contributed by atoms with van der Waals surface area (Å²) in [5, 5.41) is 12.9. The lowest BCUT2D eigenvalue weighted by Gasteiger charge is -2.43. The fourth-order valence-electron chi connectivity index (χ4n) is 5.40. The number of fused-ring (bicyclic) bond motifs is 4. The number of hydrogen-bond acceptors (Lipinski definition) is 5. The van der Waals surface area contributed by atoms with E-state index in [0.717, 1.165) is 36.3 Å². The van der Waals surface area contributed by atoms with Gasteiger partial charge in [-0.25, -0.2) is 0 Å². The van der Waals surface area contributed by atoms with Crippen LogP contribution in [0.4, 0.5) is 5.69 Å². The molecule has 0 aromatic heterocycles. The van der Waals surface area contributed by atoms with Crippen molar-refractivity contribution in [3.8, 4) is 0 Å². The molecule has 0 radical (unpaired) electrons. The maximum Gasteiger partial charge on any atom is 0.311 e. The second kappa shape index (κ2) is 6.77. The lowest BCUT2D eigenvalue weighted by molar-refractivity contribution is -0.149. The van der Waals surface area contributed by atoms with Gasteiger partial charge in [-0.3, -0.25) is 14.5 Å². The van der Waals surface area contributed by atoms with Crippen molar-refractivity contribution in [3.05, 3.63) is 41.5 Å². The number of methoxy groups -OCH3 is 1. The fourth-order valence-corrected chi connectivity index (χ4v) is 5.40. The third-order valence-corrected chi connectivity index (χ3v) is 6.76. The number of ether oxygens (including phenoxy) is 1. The van der Waals surface area contributed by atoms with E-state index in [4.69, 9.17) is 4.74 Å². The van der Waals surface area contributed by atoms with Gasteiger partial charge in [-0.05, 0) is 37.3 Å². The minimum absolute atomic E-state index is 0.00792. The number of rotatable bonds is 3. The smallest absolute Gasteiger partial charge is 0.311 e. The van der Waals surface area contributed by atoms with Crippen LogP contribution in [-0.2, 0) is 19.7 Å². The van der Waals surface area contributed by atoms with Gasteiger partial charge in [-0.1, -0.05) is 29.8 Å². The summed E-state index contributed by atoms with van der Waals surface area (Å²) in [6, 6.07) is 7.92. The van der Waals surface area contributed by atoms with Crippen molar-refractivity contribution in [3.63, 3.8) is 0 Å². The monoisotopic (exact) mass is 370 g/mol. The molecule has 0 unspecified atom stereocenters. The van der Waals surface area contributed by atoms with Gasteiger partial charge in [0, 0.05) is 24.8 Å². The highest BCUT2D eigenvalue weighted by Gasteiger charge is 2.59. The molecule has 3 heterocycles. The highest BCUT2D eigenvalue weighted by molar-refractivity contribution is 6.07. The van der Waals surface area contributed by atoms with Crippen LogP contribution in [0.25, 0.3) is 0 Å². The van der Waals surface area contributed by atoms with E-state index in [2.05, 4.69) is 10.2 Å². The van der Waals surface area contributed by atoms with Crippen LogP contribution in [0, 0.1) is 11.8 Å².